The van der Waals surface area contributed by atoms with Crippen LogP contribution in [-0.2, 0) is 9.59 Å². The molecule has 1 heterocycles. The summed E-state index contributed by atoms with van der Waals surface area (Å²) < 4.78 is 26.1. The Hall–Kier alpha value is -2.39. The highest BCUT2D eigenvalue weighted by Crippen LogP contribution is 2.27. The maximum Gasteiger partial charge on any atom is 0.240 e. The lowest BCUT2D eigenvalue weighted by molar-refractivity contribution is -0.122. The van der Waals surface area contributed by atoms with Crippen molar-refractivity contribution in [3.8, 4) is 0 Å². The highest BCUT2D eigenvalue weighted by atomic mass is 32.2. The molecule has 9 heteroatoms. The number of amidine groups is 1. The van der Waals surface area contributed by atoms with E-state index in [0.29, 0.717) is 10.9 Å². The summed E-state index contributed by atoms with van der Waals surface area (Å²) in [5.74, 6) is -2.84. The molecule has 1 saturated heterocycles. The van der Waals surface area contributed by atoms with Crippen LogP contribution in [0.5, 0.6) is 0 Å². The van der Waals surface area contributed by atoms with Crippen LogP contribution in [0.15, 0.2) is 52.4 Å². The highest BCUT2D eigenvalue weighted by Gasteiger charge is 2.32. The number of nitrogens with zero attached hydrogens (tertiary/aromatic N) is 1. The monoisotopic (exact) mass is 407 g/mol. The van der Waals surface area contributed by atoms with Gasteiger partial charge in [-0.2, -0.15) is 0 Å². The van der Waals surface area contributed by atoms with E-state index in [2.05, 4.69) is 15.6 Å². The molecule has 0 spiro atoms. The van der Waals surface area contributed by atoms with Gasteiger partial charge in [0.25, 0.3) is 0 Å². The number of benzene rings is 2. The average Bonchev–Trinajstić information content (AvgIpc) is 2.97. The minimum absolute atomic E-state index is 0.112. The maximum atomic E-state index is 13.2. The average molecular weight is 407 g/mol. The summed E-state index contributed by atoms with van der Waals surface area (Å²) in [5, 5.41) is 4.89. The van der Waals surface area contributed by atoms with E-state index in [1.165, 1.54) is 6.07 Å². The van der Waals surface area contributed by atoms with Gasteiger partial charge >= 0.3 is 0 Å². The van der Waals surface area contributed by atoms with E-state index in [4.69, 9.17) is 0 Å². The van der Waals surface area contributed by atoms with Crippen LogP contribution in [0, 0.1) is 11.6 Å². The van der Waals surface area contributed by atoms with Crippen molar-refractivity contribution in [3.63, 3.8) is 0 Å². The fraction of sp³-hybridized carbons (Fsp3) is 0.167. The van der Waals surface area contributed by atoms with E-state index in [0.717, 1.165) is 28.8 Å². The number of anilines is 1. The lowest BCUT2D eigenvalue weighted by Crippen LogP contribution is -2.28. The van der Waals surface area contributed by atoms with Crippen molar-refractivity contribution < 1.29 is 18.4 Å². The summed E-state index contributed by atoms with van der Waals surface area (Å²) in [4.78, 5) is 29.6. The number of hydrogen-bond donors (Lipinski definition) is 2. The number of carbonyl (C=O) groups is 2. The zero-order valence-corrected chi connectivity index (χ0v) is 15.8. The lowest BCUT2D eigenvalue weighted by atomic mass is 10.2. The van der Waals surface area contributed by atoms with Crippen molar-refractivity contribution in [2.24, 2.45) is 4.99 Å². The number of halogens is 2. The maximum absolute atomic E-state index is 13.2. The van der Waals surface area contributed by atoms with Crippen molar-refractivity contribution in [1.29, 1.82) is 0 Å². The van der Waals surface area contributed by atoms with Gasteiger partial charge in [0.2, 0.25) is 11.8 Å². The zero-order chi connectivity index (χ0) is 19.4. The van der Waals surface area contributed by atoms with Gasteiger partial charge in [0.15, 0.2) is 16.8 Å². The minimum Gasteiger partial charge on any atom is -0.326 e. The summed E-state index contributed by atoms with van der Waals surface area (Å²) in [6.45, 7) is 0. The number of thioether (sulfide) groups is 2. The molecule has 27 heavy (non-hydrogen) atoms. The second-order valence-electron chi connectivity index (χ2n) is 5.60. The smallest absolute Gasteiger partial charge is 0.240 e. The van der Waals surface area contributed by atoms with Crippen molar-refractivity contribution in [1.82, 2.24) is 5.32 Å². The van der Waals surface area contributed by atoms with E-state index in [1.54, 1.807) is 11.8 Å². The molecule has 2 aromatic carbocycles. The molecule has 140 valence electrons. The van der Waals surface area contributed by atoms with E-state index in [1.807, 2.05) is 30.5 Å². The molecule has 2 aromatic rings. The molecule has 0 unspecified atom stereocenters. The van der Waals surface area contributed by atoms with Gasteiger partial charge < -0.3 is 10.6 Å². The third-order valence-corrected chi connectivity index (χ3v) is 5.44. The predicted molar refractivity (Wildman–Crippen MR) is 104 cm³/mol. The Morgan fingerprint density at radius 2 is 2.07 bits per heavy atom. The number of aliphatic imine (C=N–C) groups is 1. The Morgan fingerprint density at radius 3 is 2.81 bits per heavy atom. The van der Waals surface area contributed by atoms with Gasteiger partial charge in [-0.3, -0.25) is 9.59 Å². The normalized spacial score (nSPS) is 17.8. The van der Waals surface area contributed by atoms with Crippen molar-refractivity contribution in [2.75, 3.05) is 11.6 Å². The highest BCUT2D eigenvalue weighted by molar-refractivity contribution is 8.15. The Bertz CT molecular complexity index is 921. The van der Waals surface area contributed by atoms with Gasteiger partial charge in [-0.05, 0) is 36.6 Å². The molecule has 5 nitrogen and oxygen atoms in total. The molecule has 1 atom stereocenters. The standard InChI is InChI=1S/C18H15F2N3O2S2/c1-26-12-4-2-3-10(7-12)22-18-23-17(25)15(27-18)9-16(24)21-11-5-6-13(19)14(20)8-11/h2-8,15H,9H2,1H3,(H,21,24)(H,22,23,25)/t15-/m1/s1. The largest absolute Gasteiger partial charge is 0.326 e. The van der Waals surface area contributed by atoms with Crippen LogP contribution in [0.2, 0.25) is 0 Å². The van der Waals surface area contributed by atoms with Crippen LogP contribution < -0.4 is 10.6 Å². The number of carbonyl (C=O) groups excluding carboxylic acids is 2. The van der Waals surface area contributed by atoms with Gasteiger partial charge in [-0.1, -0.05) is 17.8 Å². The SMILES string of the molecule is CSc1cccc(N=C2NC(=O)[C@@H](CC(=O)Nc3ccc(F)c(F)c3)S2)c1. The first kappa shape index (κ1) is 19.4. The molecule has 0 aromatic heterocycles. The number of hydrogen-bond acceptors (Lipinski definition) is 5. The van der Waals surface area contributed by atoms with E-state index in [9.17, 15) is 18.4 Å². The number of nitrogens with one attached hydrogen (secondary N) is 2. The second-order valence-corrected chi connectivity index (χ2v) is 7.67. The van der Waals surface area contributed by atoms with Crippen molar-refractivity contribution >= 4 is 51.9 Å². The zero-order valence-electron chi connectivity index (χ0n) is 14.2. The molecule has 0 bridgehead atoms. The molecular weight excluding hydrogens is 392 g/mol. The molecule has 2 amide bonds. The van der Waals surface area contributed by atoms with E-state index < -0.39 is 22.8 Å². The molecule has 2 N–H and O–H groups in total. The molecule has 3 rings (SSSR count). The van der Waals surface area contributed by atoms with Gasteiger partial charge in [-0.25, -0.2) is 13.8 Å². The van der Waals surface area contributed by atoms with Gasteiger partial charge in [0, 0.05) is 23.1 Å². The van der Waals surface area contributed by atoms with Gasteiger partial charge in [-0.15, -0.1) is 11.8 Å². The Kier molecular flexibility index (Phi) is 6.12. The first-order valence-electron chi connectivity index (χ1n) is 7.90. The molecule has 1 aliphatic rings. The first-order valence-corrected chi connectivity index (χ1v) is 10.00. The third-order valence-electron chi connectivity index (χ3n) is 3.63. The molecule has 0 radical (unpaired) electrons. The summed E-state index contributed by atoms with van der Waals surface area (Å²) in [6, 6.07) is 10.6. The summed E-state index contributed by atoms with van der Waals surface area (Å²) in [7, 11) is 0. The van der Waals surface area contributed by atoms with Crippen LogP contribution in [-0.4, -0.2) is 28.5 Å². The van der Waals surface area contributed by atoms with Crippen LogP contribution in [0.1, 0.15) is 6.42 Å². The molecular formula is C18H15F2N3O2S2. The molecule has 0 aliphatic carbocycles. The van der Waals surface area contributed by atoms with Crippen molar-refractivity contribution in [3.05, 3.63) is 54.1 Å². The third kappa shape index (κ3) is 5.08. The van der Waals surface area contributed by atoms with Crippen LogP contribution in [0.25, 0.3) is 0 Å². The topological polar surface area (TPSA) is 70.6 Å². The lowest BCUT2D eigenvalue weighted by Gasteiger charge is -2.07. The molecule has 1 fully saturated rings. The van der Waals surface area contributed by atoms with Gasteiger partial charge in [0.05, 0.1) is 5.69 Å². The Balaban J connectivity index is 1.62. The Labute approximate surface area is 163 Å². The van der Waals surface area contributed by atoms with Gasteiger partial charge in [0.1, 0.15) is 5.25 Å². The summed E-state index contributed by atoms with van der Waals surface area (Å²) in [6.07, 6.45) is 1.85. The number of rotatable bonds is 5. The van der Waals surface area contributed by atoms with Crippen LogP contribution >= 0.6 is 23.5 Å². The summed E-state index contributed by atoms with van der Waals surface area (Å²) in [5.41, 5.74) is 0.835. The fourth-order valence-corrected chi connectivity index (χ4v) is 3.78. The molecule has 1 aliphatic heterocycles. The minimum atomic E-state index is -1.05. The quantitative estimate of drug-likeness (QED) is 0.737. The Morgan fingerprint density at radius 1 is 1.26 bits per heavy atom. The van der Waals surface area contributed by atoms with Crippen molar-refractivity contribution in [2.45, 2.75) is 16.6 Å². The summed E-state index contributed by atoms with van der Waals surface area (Å²) >= 11 is 2.75. The fourth-order valence-electron chi connectivity index (χ4n) is 2.34. The van der Waals surface area contributed by atoms with E-state index >= 15 is 0 Å². The van der Waals surface area contributed by atoms with E-state index in [-0.39, 0.29) is 18.0 Å². The predicted octanol–water partition coefficient (Wildman–Crippen LogP) is 3.93. The van der Waals surface area contributed by atoms with Crippen LogP contribution in [0.3, 0.4) is 0 Å². The van der Waals surface area contributed by atoms with Crippen LogP contribution in [0.4, 0.5) is 20.2 Å². The molecule has 0 saturated carbocycles. The number of amides is 2. The first-order chi connectivity index (χ1) is 12.9. The second kappa shape index (κ2) is 8.53.